The number of hydrogen-bond donors (Lipinski definition) is 1. The van der Waals surface area contributed by atoms with Gasteiger partial charge >= 0.3 is 24.1 Å². The molecule has 12 heteroatoms. The van der Waals surface area contributed by atoms with Crippen LogP contribution >= 0.6 is 0 Å². The highest BCUT2D eigenvalue weighted by Crippen LogP contribution is 2.65. The predicted octanol–water partition coefficient (Wildman–Crippen LogP) is 4.06. The Morgan fingerprint density at radius 2 is 1.74 bits per heavy atom. The Hall–Kier alpha value is -4.42. The summed E-state index contributed by atoms with van der Waals surface area (Å²) in [5.41, 5.74) is -1.04. The molecule has 2 aromatic carbocycles. The van der Waals surface area contributed by atoms with E-state index in [2.05, 4.69) is 4.90 Å². The Kier molecular flexibility index (Phi) is 8.08. The zero-order valence-electron chi connectivity index (χ0n) is 27.2. The zero-order valence-corrected chi connectivity index (χ0v) is 27.2. The molecular formula is C35H39NO11. The van der Waals surface area contributed by atoms with Gasteiger partial charge in [0.1, 0.15) is 11.4 Å². The third-order valence-corrected chi connectivity index (χ3v) is 9.36. The number of carbonyl (C=O) groups excluding carboxylic acids is 4. The average molecular weight is 650 g/mol. The molecule has 2 aliphatic heterocycles. The zero-order chi connectivity index (χ0) is 33.9. The van der Waals surface area contributed by atoms with Gasteiger partial charge in [-0.05, 0) is 71.8 Å². The van der Waals surface area contributed by atoms with Crippen molar-refractivity contribution in [3.63, 3.8) is 0 Å². The van der Waals surface area contributed by atoms with Crippen LogP contribution in [0.1, 0.15) is 70.3 Å². The SMILES string of the molecule is CC(=O)O[C@H](C(=O)OC(C)C(=O)OC1=CC[C@@]2(O)[C@H]3Cc4ccc(OC(=O)OC(C)(C)C)c5c4[C@@]2(CCN3C)[C@H]1O5)c1ccccc1. The fraction of sp³-hybridized carbons (Fsp3) is 0.486. The quantitative estimate of drug-likeness (QED) is 0.262. The first-order valence-electron chi connectivity index (χ1n) is 15.7. The van der Waals surface area contributed by atoms with Crippen molar-refractivity contribution in [1.82, 2.24) is 4.90 Å². The standard InChI is InChI=1S/C35H39NO11/c1-19(42-31(39)27(43-20(2)37)21-10-8-7-9-11-21)30(38)44-24-14-15-35(41)25-18-22-12-13-23(45-32(40)47-33(3,4)5)28-26(22)34(35,29(24)46-28)16-17-36(25)6/h7-14,19,25,27,29,41H,15-18H2,1-6H3/t19?,25-,27+,29+,34+,35-/m1/s1. The van der Waals surface area contributed by atoms with Crippen LogP contribution in [0.5, 0.6) is 11.5 Å². The van der Waals surface area contributed by atoms with Gasteiger partial charge in [0.05, 0.1) is 11.0 Å². The van der Waals surface area contributed by atoms with Crippen molar-refractivity contribution in [2.75, 3.05) is 13.6 Å². The van der Waals surface area contributed by atoms with E-state index in [4.69, 9.17) is 28.4 Å². The second-order valence-electron chi connectivity index (χ2n) is 13.5. The van der Waals surface area contributed by atoms with Gasteiger partial charge in [0.25, 0.3) is 0 Å². The van der Waals surface area contributed by atoms with Crippen molar-refractivity contribution < 1.29 is 52.7 Å². The molecule has 0 amide bonds. The fourth-order valence-electron chi connectivity index (χ4n) is 7.40. The lowest BCUT2D eigenvalue weighted by molar-refractivity contribution is -0.180. The smallest absolute Gasteiger partial charge is 0.477 e. The van der Waals surface area contributed by atoms with E-state index in [0.29, 0.717) is 24.9 Å². The predicted molar refractivity (Wildman–Crippen MR) is 164 cm³/mol. The first-order chi connectivity index (χ1) is 22.1. The third kappa shape index (κ3) is 5.53. The summed E-state index contributed by atoms with van der Waals surface area (Å²) >= 11 is 0. The second-order valence-corrected chi connectivity index (χ2v) is 13.5. The van der Waals surface area contributed by atoms with Crippen LogP contribution in [0.15, 0.2) is 54.3 Å². The molecular weight excluding hydrogens is 610 g/mol. The van der Waals surface area contributed by atoms with E-state index >= 15 is 0 Å². The molecule has 0 radical (unpaired) electrons. The molecule has 4 aliphatic rings. The van der Waals surface area contributed by atoms with Gasteiger partial charge in [0.2, 0.25) is 6.10 Å². The van der Waals surface area contributed by atoms with Gasteiger partial charge in [0.15, 0.2) is 23.7 Å². The summed E-state index contributed by atoms with van der Waals surface area (Å²) in [7, 11) is 1.97. The summed E-state index contributed by atoms with van der Waals surface area (Å²) < 4.78 is 34.0. The molecule has 6 rings (SSSR count). The molecule has 1 fully saturated rings. The highest BCUT2D eigenvalue weighted by Gasteiger charge is 2.72. The van der Waals surface area contributed by atoms with E-state index in [9.17, 15) is 24.3 Å². The number of hydrogen-bond acceptors (Lipinski definition) is 12. The highest BCUT2D eigenvalue weighted by molar-refractivity contribution is 5.84. The number of carbonyl (C=O) groups is 4. The minimum absolute atomic E-state index is 0.131. The van der Waals surface area contributed by atoms with Gasteiger partial charge in [-0.3, -0.25) is 4.79 Å². The summed E-state index contributed by atoms with van der Waals surface area (Å²) in [5, 5.41) is 12.5. The van der Waals surface area contributed by atoms with Gasteiger partial charge in [-0.25, -0.2) is 14.4 Å². The molecule has 12 nitrogen and oxygen atoms in total. The number of likely N-dealkylation sites (N-methyl/N-ethyl adjacent to an activating group) is 1. The maximum absolute atomic E-state index is 13.4. The number of piperidine rings is 1. The summed E-state index contributed by atoms with van der Waals surface area (Å²) in [5.74, 6) is -1.95. The molecule has 1 N–H and O–H groups in total. The lowest BCUT2D eigenvalue weighted by Gasteiger charge is -2.61. The molecule has 2 aromatic rings. The first-order valence-corrected chi connectivity index (χ1v) is 15.7. The number of esters is 3. The summed E-state index contributed by atoms with van der Waals surface area (Å²) in [6.45, 7) is 8.34. The van der Waals surface area contributed by atoms with Gasteiger partial charge in [-0.15, -0.1) is 0 Å². The molecule has 47 heavy (non-hydrogen) atoms. The number of rotatable bonds is 7. The number of likely N-dealkylation sites (tertiary alicyclic amines) is 1. The lowest BCUT2D eigenvalue weighted by Crippen LogP contribution is -2.74. The molecule has 1 saturated heterocycles. The minimum atomic E-state index is -1.38. The van der Waals surface area contributed by atoms with Crippen molar-refractivity contribution in [2.24, 2.45) is 0 Å². The molecule has 1 unspecified atom stereocenters. The van der Waals surface area contributed by atoms with E-state index in [-0.39, 0.29) is 29.7 Å². The van der Waals surface area contributed by atoms with Gasteiger partial charge in [0, 0.05) is 30.5 Å². The lowest BCUT2D eigenvalue weighted by atomic mass is 9.50. The highest BCUT2D eigenvalue weighted by atomic mass is 16.7. The normalized spacial score (nSPS) is 26.8. The first kappa shape index (κ1) is 32.5. The maximum atomic E-state index is 13.4. The molecule has 1 spiro atoms. The maximum Gasteiger partial charge on any atom is 0.514 e. The van der Waals surface area contributed by atoms with Crippen molar-refractivity contribution >= 4 is 24.1 Å². The summed E-state index contributed by atoms with van der Waals surface area (Å²) in [4.78, 5) is 53.1. The topological polar surface area (TPSA) is 147 Å². The Balaban J connectivity index is 1.28. The van der Waals surface area contributed by atoms with Crippen molar-refractivity contribution in [3.8, 4) is 11.5 Å². The van der Waals surface area contributed by atoms with Crippen molar-refractivity contribution in [3.05, 3.63) is 71.0 Å². The molecule has 2 heterocycles. The van der Waals surface area contributed by atoms with Crippen LogP contribution < -0.4 is 9.47 Å². The number of benzene rings is 2. The average Bonchev–Trinajstić information content (AvgIpc) is 3.35. The Bertz CT molecular complexity index is 1650. The minimum Gasteiger partial charge on any atom is -0.477 e. The Labute approximate surface area is 272 Å². The second kappa shape index (κ2) is 11.7. The summed E-state index contributed by atoms with van der Waals surface area (Å²) in [6, 6.07) is 11.6. The van der Waals surface area contributed by atoms with E-state index in [1.165, 1.54) is 13.8 Å². The van der Waals surface area contributed by atoms with Crippen LogP contribution in [0.25, 0.3) is 0 Å². The summed E-state index contributed by atoms with van der Waals surface area (Å²) in [6.07, 6.45) is -1.80. The van der Waals surface area contributed by atoms with Crippen LogP contribution in [-0.4, -0.2) is 77.1 Å². The monoisotopic (exact) mass is 649 g/mol. The van der Waals surface area contributed by atoms with Crippen LogP contribution in [0.3, 0.4) is 0 Å². The van der Waals surface area contributed by atoms with Crippen LogP contribution in [-0.2, 0) is 45.2 Å². The van der Waals surface area contributed by atoms with E-state index in [0.717, 1.165) is 11.1 Å². The van der Waals surface area contributed by atoms with Gasteiger partial charge in [-0.2, -0.15) is 0 Å². The van der Waals surface area contributed by atoms with Gasteiger partial charge < -0.3 is 38.4 Å². The Morgan fingerprint density at radius 1 is 1.02 bits per heavy atom. The van der Waals surface area contributed by atoms with E-state index in [1.54, 1.807) is 63.2 Å². The molecule has 2 bridgehead atoms. The number of aliphatic hydroxyl groups is 1. The molecule has 250 valence electrons. The van der Waals surface area contributed by atoms with Gasteiger partial charge in [-0.1, -0.05) is 36.4 Å². The number of ether oxygens (including phenoxy) is 6. The molecule has 2 aliphatic carbocycles. The third-order valence-electron chi connectivity index (χ3n) is 9.36. The number of nitrogens with zero attached hydrogens (tertiary/aromatic N) is 1. The molecule has 0 aromatic heterocycles. The van der Waals surface area contributed by atoms with Crippen molar-refractivity contribution in [2.45, 2.75) is 94.9 Å². The van der Waals surface area contributed by atoms with Crippen LogP contribution in [0.2, 0.25) is 0 Å². The van der Waals surface area contributed by atoms with E-state index in [1.807, 2.05) is 13.1 Å². The molecule has 0 saturated carbocycles. The van der Waals surface area contributed by atoms with Crippen LogP contribution in [0.4, 0.5) is 4.79 Å². The van der Waals surface area contributed by atoms with Crippen molar-refractivity contribution in [1.29, 1.82) is 0 Å². The van der Waals surface area contributed by atoms with E-state index < -0.39 is 59.0 Å². The largest absolute Gasteiger partial charge is 0.514 e. The Morgan fingerprint density at radius 3 is 2.43 bits per heavy atom. The van der Waals surface area contributed by atoms with Crippen LogP contribution in [0, 0.1) is 0 Å². The molecule has 6 atom stereocenters. The fourth-order valence-corrected chi connectivity index (χ4v) is 7.40.